The van der Waals surface area contributed by atoms with Crippen LogP contribution in [-0.4, -0.2) is 36.2 Å². The van der Waals surface area contributed by atoms with Crippen LogP contribution in [0.3, 0.4) is 0 Å². The maximum Gasteiger partial charge on any atom is 0.328 e. The van der Waals surface area contributed by atoms with Crippen LogP contribution in [-0.2, 0) is 4.79 Å². The van der Waals surface area contributed by atoms with Gasteiger partial charge in [-0.05, 0) is 41.5 Å². The Bertz CT molecular complexity index is 732. The van der Waals surface area contributed by atoms with Crippen molar-refractivity contribution in [2.75, 3.05) is 6.54 Å². The predicted octanol–water partition coefficient (Wildman–Crippen LogP) is 1.30. The maximum atomic E-state index is 11.0. The molecule has 0 spiro atoms. The van der Waals surface area contributed by atoms with Crippen molar-refractivity contribution in [2.24, 2.45) is 22.2 Å². The topological polar surface area (TPSA) is 152 Å². The zero-order valence-electron chi connectivity index (χ0n) is 15.9. The van der Waals surface area contributed by atoms with Gasteiger partial charge in [0.15, 0.2) is 0 Å². The number of rotatable bonds is 7. The van der Waals surface area contributed by atoms with Crippen molar-refractivity contribution in [1.29, 1.82) is 5.41 Å². The number of hydrogen-bond acceptors (Lipinski definition) is 5. The molecule has 0 bridgehead atoms. The Hall–Kier alpha value is -2.64. The smallest absolute Gasteiger partial charge is 0.328 e. The van der Waals surface area contributed by atoms with Gasteiger partial charge in [0.25, 0.3) is 0 Å². The molecule has 1 aromatic carbocycles. The Kier molecular flexibility index (Phi) is 16.6. The molecule has 0 aliphatic rings. The van der Waals surface area contributed by atoms with Gasteiger partial charge >= 0.3 is 5.97 Å². The van der Waals surface area contributed by atoms with Crippen LogP contribution in [0.15, 0.2) is 23.2 Å². The molecule has 8 N–H and O–H groups in total. The Morgan fingerprint density at radius 3 is 2.48 bits per heavy atom. The highest BCUT2D eigenvalue weighted by Gasteiger charge is 2.13. The van der Waals surface area contributed by atoms with Gasteiger partial charge in [-0.3, -0.25) is 10.4 Å². The lowest BCUT2D eigenvalue weighted by Crippen LogP contribution is -2.25. The van der Waals surface area contributed by atoms with Gasteiger partial charge in [0.2, 0.25) is 0 Å². The monoisotopic (exact) mass is 395 g/mol. The highest BCUT2D eigenvalue weighted by atomic mass is 35.5. The van der Waals surface area contributed by atoms with Crippen LogP contribution >= 0.6 is 11.6 Å². The van der Waals surface area contributed by atoms with Crippen LogP contribution in [0.5, 0.6) is 0 Å². The van der Waals surface area contributed by atoms with Gasteiger partial charge in [-0.1, -0.05) is 50.2 Å². The van der Waals surface area contributed by atoms with Crippen LogP contribution in [0.1, 0.15) is 32.3 Å². The molecule has 0 saturated heterocycles. The molecule has 1 atom stereocenters. The lowest BCUT2D eigenvalue weighted by Gasteiger charge is -2.04. The lowest BCUT2D eigenvalue weighted by molar-refractivity contribution is -0.138. The first-order valence-corrected chi connectivity index (χ1v) is 8.83. The van der Waals surface area contributed by atoms with Crippen LogP contribution in [0.2, 0.25) is 5.02 Å². The van der Waals surface area contributed by atoms with Crippen LogP contribution < -0.4 is 27.6 Å². The minimum atomic E-state index is -0.959. The second-order valence-corrected chi connectivity index (χ2v) is 5.19. The summed E-state index contributed by atoms with van der Waals surface area (Å²) in [5.74, 6) is -0.959. The largest absolute Gasteiger partial charge is 0.480 e. The quantitative estimate of drug-likeness (QED) is 0.348. The normalized spacial score (nSPS) is 12.1. The van der Waals surface area contributed by atoms with Crippen LogP contribution in [0.25, 0.3) is 18.9 Å². The Labute approximate surface area is 165 Å². The fourth-order valence-electron chi connectivity index (χ4n) is 1.81. The third kappa shape index (κ3) is 10.8. The van der Waals surface area contributed by atoms with E-state index in [9.17, 15) is 4.79 Å². The SMILES string of the molecule is C=c1c(Cl)c(/C=C/C=NC(CCCN)C(=O)O)cc/c1=C/N.CC.N=CN. The number of carbonyl (C=O) groups is 1. The molecule has 0 aromatic heterocycles. The third-order valence-corrected chi connectivity index (χ3v) is 3.53. The summed E-state index contributed by atoms with van der Waals surface area (Å²) < 4.78 is 0. The number of benzene rings is 1. The van der Waals surface area contributed by atoms with Crippen molar-refractivity contribution in [3.8, 4) is 0 Å². The van der Waals surface area contributed by atoms with Gasteiger partial charge < -0.3 is 22.3 Å². The molecule has 150 valence electrons. The van der Waals surface area contributed by atoms with E-state index in [-0.39, 0.29) is 0 Å². The zero-order chi connectivity index (χ0) is 21.2. The summed E-state index contributed by atoms with van der Waals surface area (Å²) in [4.78, 5) is 15.0. The van der Waals surface area contributed by atoms with Crippen molar-refractivity contribution >= 4 is 49.0 Å². The number of nitrogens with zero attached hydrogens (tertiary/aromatic N) is 1. The van der Waals surface area contributed by atoms with Crippen LogP contribution in [0, 0.1) is 5.41 Å². The van der Waals surface area contributed by atoms with Crippen molar-refractivity contribution < 1.29 is 9.90 Å². The number of carboxylic acids is 1. The molecule has 0 saturated carbocycles. The average Bonchev–Trinajstić information content (AvgIpc) is 2.66. The molecular formula is C19H30ClN5O2. The summed E-state index contributed by atoms with van der Waals surface area (Å²) in [7, 11) is 0. The Balaban J connectivity index is 0. The summed E-state index contributed by atoms with van der Waals surface area (Å²) in [5, 5.41) is 16.8. The van der Waals surface area contributed by atoms with Crippen molar-refractivity contribution in [3.05, 3.63) is 39.2 Å². The standard InChI is InChI=1S/C16H20ClN3O2.C2H6.CH4N2/c1-11-13(10-19)7-6-12(15(11)17)4-3-9-20-14(16(21)22)5-2-8-18;1-2;2-1-3/h3-4,6-7,9-10,14H,1-2,5,8,18-19H2,(H,21,22);1-2H3;1H,(H3,2,3)/b4-3+,13-10-,20-9?;;. The molecule has 0 aliphatic heterocycles. The summed E-state index contributed by atoms with van der Waals surface area (Å²) in [5.41, 5.74) is 16.0. The first-order valence-electron chi connectivity index (χ1n) is 8.45. The van der Waals surface area contributed by atoms with E-state index in [1.807, 2.05) is 26.0 Å². The summed E-state index contributed by atoms with van der Waals surface area (Å²) in [6.07, 6.45) is 8.07. The van der Waals surface area contributed by atoms with Gasteiger partial charge in [-0.2, -0.15) is 0 Å². The highest BCUT2D eigenvalue weighted by Crippen LogP contribution is 2.10. The molecule has 7 nitrogen and oxygen atoms in total. The number of hydrogen-bond donors (Lipinski definition) is 5. The minimum absolute atomic E-state index is 0.418. The van der Waals surface area contributed by atoms with E-state index in [0.29, 0.717) is 29.6 Å². The third-order valence-electron chi connectivity index (χ3n) is 3.08. The number of allylic oxidation sites excluding steroid dienone is 1. The Morgan fingerprint density at radius 1 is 1.41 bits per heavy atom. The average molecular weight is 396 g/mol. The first kappa shape index (κ1) is 26.6. The molecule has 0 heterocycles. The molecule has 0 fully saturated rings. The number of nitrogens with one attached hydrogen (secondary N) is 1. The molecule has 0 radical (unpaired) electrons. The molecule has 1 rings (SSSR count). The zero-order valence-corrected chi connectivity index (χ0v) is 16.6. The molecule has 1 unspecified atom stereocenters. The second-order valence-electron chi connectivity index (χ2n) is 4.81. The van der Waals surface area contributed by atoms with E-state index in [1.54, 1.807) is 12.2 Å². The van der Waals surface area contributed by atoms with Gasteiger partial charge in [0.05, 0.1) is 11.4 Å². The number of halogens is 1. The van der Waals surface area contributed by atoms with Crippen molar-refractivity contribution in [1.82, 2.24) is 0 Å². The molecule has 27 heavy (non-hydrogen) atoms. The lowest BCUT2D eigenvalue weighted by atomic mass is 10.1. The summed E-state index contributed by atoms with van der Waals surface area (Å²) in [6, 6.07) is 2.84. The number of aliphatic imine (C=N–C) groups is 1. The minimum Gasteiger partial charge on any atom is -0.480 e. The molecule has 8 heteroatoms. The van der Waals surface area contributed by atoms with E-state index in [1.165, 1.54) is 12.4 Å². The van der Waals surface area contributed by atoms with Gasteiger partial charge in [-0.15, -0.1) is 0 Å². The molecule has 0 amide bonds. The predicted molar refractivity (Wildman–Crippen MR) is 116 cm³/mol. The van der Waals surface area contributed by atoms with Crippen molar-refractivity contribution in [2.45, 2.75) is 32.7 Å². The molecule has 0 aliphatic carbocycles. The Morgan fingerprint density at radius 2 is 2.00 bits per heavy atom. The molecule has 1 aromatic rings. The van der Waals surface area contributed by atoms with E-state index in [0.717, 1.165) is 17.1 Å². The fourth-order valence-corrected chi connectivity index (χ4v) is 2.05. The van der Waals surface area contributed by atoms with Gasteiger partial charge in [-0.25, -0.2) is 4.79 Å². The molecular weight excluding hydrogens is 366 g/mol. The van der Waals surface area contributed by atoms with E-state index < -0.39 is 12.0 Å². The summed E-state index contributed by atoms with van der Waals surface area (Å²) in [6.45, 7) is 8.31. The second kappa shape index (κ2) is 16.8. The van der Waals surface area contributed by atoms with E-state index >= 15 is 0 Å². The van der Waals surface area contributed by atoms with Gasteiger partial charge in [0, 0.05) is 12.4 Å². The number of nitrogens with two attached hydrogens (primary N) is 3. The van der Waals surface area contributed by atoms with E-state index in [2.05, 4.69) is 17.3 Å². The number of aliphatic carboxylic acids is 1. The first-order chi connectivity index (χ1) is 12.9. The summed E-state index contributed by atoms with van der Waals surface area (Å²) >= 11 is 6.20. The van der Waals surface area contributed by atoms with Crippen molar-refractivity contribution in [3.63, 3.8) is 0 Å². The number of carboxylic acid groups (broad SMARTS) is 1. The van der Waals surface area contributed by atoms with E-state index in [4.69, 9.17) is 33.6 Å². The maximum absolute atomic E-state index is 11.0. The van der Waals surface area contributed by atoms with Crippen LogP contribution in [0.4, 0.5) is 0 Å². The van der Waals surface area contributed by atoms with Gasteiger partial charge in [0.1, 0.15) is 6.04 Å². The highest BCUT2D eigenvalue weighted by molar-refractivity contribution is 6.32. The fraction of sp³-hybridized carbons (Fsp3) is 0.316.